The fourth-order valence-electron chi connectivity index (χ4n) is 3.88. The predicted molar refractivity (Wildman–Crippen MR) is 138 cm³/mol. The smallest absolute Gasteiger partial charge is 0.277 e. The summed E-state index contributed by atoms with van der Waals surface area (Å²) in [5, 5.41) is 11.1. The monoisotopic (exact) mass is 518 g/mol. The van der Waals surface area contributed by atoms with E-state index in [0.717, 1.165) is 17.4 Å². The highest BCUT2D eigenvalue weighted by Gasteiger charge is 2.22. The first-order chi connectivity index (χ1) is 18.0. The molecule has 0 saturated carbocycles. The van der Waals surface area contributed by atoms with Gasteiger partial charge >= 0.3 is 0 Å². The van der Waals surface area contributed by atoms with E-state index in [1.807, 2.05) is 30.3 Å². The van der Waals surface area contributed by atoms with Crippen LogP contribution < -0.4 is 10.2 Å². The molecular formula is C26H23FN6O3S. The first kappa shape index (κ1) is 24.4. The maximum atomic E-state index is 13.1. The van der Waals surface area contributed by atoms with Crippen molar-refractivity contribution in [2.24, 2.45) is 0 Å². The summed E-state index contributed by atoms with van der Waals surface area (Å²) in [6.45, 7) is 2.51. The Hall–Kier alpha value is -4.25. The number of carbonyl (C=O) groups is 2. The quantitative estimate of drug-likeness (QED) is 0.367. The molecule has 1 aliphatic rings. The van der Waals surface area contributed by atoms with Gasteiger partial charge in [-0.05, 0) is 60.7 Å². The molecule has 3 heterocycles. The molecule has 2 amide bonds. The predicted octanol–water partition coefficient (Wildman–Crippen LogP) is 3.96. The van der Waals surface area contributed by atoms with Crippen LogP contribution in [0.5, 0.6) is 0 Å². The van der Waals surface area contributed by atoms with Gasteiger partial charge in [0.15, 0.2) is 0 Å². The van der Waals surface area contributed by atoms with Crippen LogP contribution in [0.25, 0.3) is 11.6 Å². The van der Waals surface area contributed by atoms with Gasteiger partial charge in [0.05, 0.1) is 5.75 Å². The summed E-state index contributed by atoms with van der Waals surface area (Å²) < 4.78 is 18.7. The van der Waals surface area contributed by atoms with Crippen molar-refractivity contribution in [2.45, 2.75) is 5.22 Å². The van der Waals surface area contributed by atoms with Crippen molar-refractivity contribution < 1.29 is 18.4 Å². The van der Waals surface area contributed by atoms with Crippen LogP contribution in [0.1, 0.15) is 10.4 Å². The van der Waals surface area contributed by atoms with E-state index in [2.05, 4.69) is 25.4 Å². The first-order valence-corrected chi connectivity index (χ1v) is 12.6. The van der Waals surface area contributed by atoms with Crippen molar-refractivity contribution in [3.05, 3.63) is 84.3 Å². The molecule has 0 unspecified atom stereocenters. The van der Waals surface area contributed by atoms with Crippen LogP contribution in [0.4, 0.5) is 15.8 Å². The van der Waals surface area contributed by atoms with Gasteiger partial charge < -0.3 is 19.5 Å². The van der Waals surface area contributed by atoms with E-state index in [0.29, 0.717) is 54.2 Å². The number of nitrogens with one attached hydrogen (secondary N) is 1. The van der Waals surface area contributed by atoms with Gasteiger partial charge in [0.2, 0.25) is 5.91 Å². The largest absolute Gasteiger partial charge is 0.410 e. The van der Waals surface area contributed by atoms with Crippen molar-refractivity contribution in [1.82, 2.24) is 20.1 Å². The van der Waals surface area contributed by atoms with Crippen molar-refractivity contribution in [3.8, 4) is 11.6 Å². The minimum atomic E-state index is -0.359. The second-order valence-corrected chi connectivity index (χ2v) is 9.18. The Kier molecular flexibility index (Phi) is 7.41. The zero-order chi connectivity index (χ0) is 25.6. The highest BCUT2D eigenvalue weighted by atomic mass is 32.2. The first-order valence-electron chi connectivity index (χ1n) is 11.6. The Morgan fingerprint density at radius 3 is 2.41 bits per heavy atom. The van der Waals surface area contributed by atoms with Gasteiger partial charge in [-0.25, -0.2) is 4.39 Å². The molecule has 11 heteroatoms. The normalized spacial score (nSPS) is 13.4. The van der Waals surface area contributed by atoms with E-state index < -0.39 is 0 Å². The molecule has 1 aliphatic heterocycles. The standard InChI is InChI=1S/C26H23FN6O3S/c27-19-6-4-18(5-7-19)25(35)33-15-13-32(14-16-33)21-10-8-20(9-11-21)29-23(34)17-37-26-31-30-24(36-26)22-3-1-2-12-28-22/h1-12H,13-17H2,(H,29,34). The Morgan fingerprint density at radius 1 is 0.946 bits per heavy atom. The lowest BCUT2D eigenvalue weighted by Crippen LogP contribution is -2.48. The number of carbonyl (C=O) groups excluding carboxylic acids is 2. The van der Waals surface area contributed by atoms with Gasteiger partial charge in [-0.3, -0.25) is 14.6 Å². The van der Waals surface area contributed by atoms with Gasteiger partial charge in [0.25, 0.3) is 17.0 Å². The Bertz CT molecular complexity index is 1360. The molecule has 188 valence electrons. The number of benzene rings is 2. The molecule has 1 N–H and O–H groups in total. The third-order valence-electron chi connectivity index (χ3n) is 5.79. The summed E-state index contributed by atoms with van der Waals surface area (Å²) in [5.41, 5.74) is 2.75. The lowest BCUT2D eigenvalue weighted by atomic mass is 10.1. The number of pyridine rings is 1. The molecule has 1 saturated heterocycles. The molecule has 0 bridgehead atoms. The molecule has 0 radical (unpaired) electrons. The highest BCUT2D eigenvalue weighted by Crippen LogP contribution is 2.23. The number of rotatable bonds is 7. The number of nitrogens with zero attached hydrogens (tertiary/aromatic N) is 5. The van der Waals surface area contributed by atoms with E-state index in [4.69, 9.17) is 4.42 Å². The number of thioether (sulfide) groups is 1. The molecule has 4 aromatic rings. The van der Waals surface area contributed by atoms with E-state index >= 15 is 0 Å². The Labute approximate surface area is 216 Å². The van der Waals surface area contributed by atoms with Crippen molar-refractivity contribution in [3.63, 3.8) is 0 Å². The zero-order valence-electron chi connectivity index (χ0n) is 19.7. The van der Waals surface area contributed by atoms with Crippen LogP contribution in [0.3, 0.4) is 0 Å². The van der Waals surface area contributed by atoms with Gasteiger partial charge in [-0.1, -0.05) is 17.8 Å². The molecule has 2 aromatic carbocycles. The Balaban J connectivity index is 1.08. The van der Waals surface area contributed by atoms with Gasteiger partial charge in [0.1, 0.15) is 11.5 Å². The second kappa shape index (κ2) is 11.2. The number of piperazine rings is 1. The summed E-state index contributed by atoms with van der Waals surface area (Å²) in [5.74, 6) is -0.218. The number of halogens is 1. The number of amides is 2. The minimum absolute atomic E-state index is 0.0935. The van der Waals surface area contributed by atoms with Crippen molar-refractivity contribution in [2.75, 3.05) is 42.1 Å². The van der Waals surface area contributed by atoms with E-state index in [1.165, 1.54) is 24.3 Å². The number of hydrogen-bond acceptors (Lipinski definition) is 8. The molecule has 0 spiro atoms. The van der Waals surface area contributed by atoms with Crippen molar-refractivity contribution >= 4 is 35.0 Å². The molecule has 0 aliphatic carbocycles. The van der Waals surface area contributed by atoms with Crippen molar-refractivity contribution in [1.29, 1.82) is 0 Å². The summed E-state index contributed by atoms with van der Waals surface area (Å²) in [6.07, 6.45) is 1.64. The fourth-order valence-corrected chi connectivity index (χ4v) is 4.45. The lowest BCUT2D eigenvalue weighted by molar-refractivity contribution is -0.113. The second-order valence-electron chi connectivity index (χ2n) is 8.26. The van der Waals surface area contributed by atoms with Crippen LogP contribution in [0, 0.1) is 5.82 Å². The fraction of sp³-hybridized carbons (Fsp3) is 0.192. The van der Waals surface area contributed by atoms with Crippen LogP contribution in [-0.4, -0.2) is 63.8 Å². The minimum Gasteiger partial charge on any atom is -0.410 e. The summed E-state index contributed by atoms with van der Waals surface area (Å²) in [7, 11) is 0. The average molecular weight is 519 g/mol. The molecule has 9 nitrogen and oxygen atoms in total. The third kappa shape index (κ3) is 6.12. The summed E-state index contributed by atoms with van der Waals surface area (Å²) in [6, 6.07) is 18.6. The number of anilines is 2. The van der Waals surface area contributed by atoms with E-state index in [-0.39, 0.29) is 23.4 Å². The number of hydrogen-bond donors (Lipinski definition) is 1. The molecular weight excluding hydrogens is 495 g/mol. The topological polar surface area (TPSA) is 104 Å². The van der Waals surface area contributed by atoms with E-state index in [9.17, 15) is 14.0 Å². The van der Waals surface area contributed by atoms with Crippen LogP contribution in [-0.2, 0) is 4.79 Å². The zero-order valence-corrected chi connectivity index (χ0v) is 20.5. The van der Waals surface area contributed by atoms with E-state index in [1.54, 1.807) is 23.2 Å². The van der Waals surface area contributed by atoms with Crippen LogP contribution in [0.15, 0.2) is 82.6 Å². The average Bonchev–Trinajstić information content (AvgIpc) is 3.42. The lowest BCUT2D eigenvalue weighted by Gasteiger charge is -2.36. The van der Waals surface area contributed by atoms with Gasteiger partial charge in [-0.15, -0.1) is 10.2 Å². The SMILES string of the molecule is O=C(CSc1nnc(-c2ccccn2)o1)Nc1ccc(N2CCN(C(=O)c3ccc(F)cc3)CC2)cc1. The molecule has 37 heavy (non-hydrogen) atoms. The molecule has 2 aromatic heterocycles. The summed E-state index contributed by atoms with van der Waals surface area (Å²) in [4.78, 5) is 33.1. The maximum absolute atomic E-state index is 13.1. The number of aromatic nitrogens is 3. The van der Waals surface area contributed by atoms with Gasteiger partial charge in [-0.2, -0.15) is 0 Å². The molecule has 5 rings (SSSR count). The molecule has 1 fully saturated rings. The van der Waals surface area contributed by atoms with Crippen LogP contribution >= 0.6 is 11.8 Å². The summed E-state index contributed by atoms with van der Waals surface area (Å²) >= 11 is 1.15. The Morgan fingerprint density at radius 2 is 1.70 bits per heavy atom. The maximum Gasteiger partial charge on any atom is 0.277 e. The van der Waals surface area contributed by atoms with Crippen LogP contribution in [0.2, 0.25) is 0 Å². The van der Waals surface area contributed by atoms with Gasteiger partial charge in [0, 0.05) is 49.3 Å². The third-order valence-corrected chi connectivity index (χ3v) is 6.61. The highest BCUT2D eigenvalue weighted by molar-refractivity contribution is 7.99. The molecule has 0 atom stereocenters.